The third-order valence-electron chi connectivity index (χ3n) is 3.12. The average Bonchev–Trinajstić information content (AvgIpc) is 3.09. The van der Waals surface area contributed by atoms with Gasteiger partial charge in [0, 0.05) is 13.3 Å². The van der Waals surface area contributed by atoms with Gasteiger partial charge in [-0.1, -0.05) is 0 Å². The van der Waals surface area contributed by atoms with E-state index in [1.807, 2.05) is 6.20 Å². The summed E-state index contributed by atoms with van der Waals surface area (Å²) >= 11 is 0. The lowest BCUT2D eigenvalue weighted by Gasteiger charge is -2.08. The third-order valence-corrected chi connectivity index (χ3v) is 3.12. The second-order valence-electron chi connectivity index (χ2n) is 4.48. The number of nitrogens with zero attached hydrogens (tertiary/aromatic N) is 3. The van der Waals surface area contributed by atoms with E-state index in [2.05, 4.69) is 9.97 Å². The average molecular weight is 247 g/mol. The van der Waals surface area contributed by atoms with Crippen molar-refractivity contribution in [1.29, 1.82) is 0 Å². The van der Waals surface area contributed by atoms with E-state index in [4.69, 9.17) is 9.84 Å². The van der Waals surface area contributed by atoms with E-state index in [0.717, 1.165) is 24.1 Å². The van der Waals surface area contributed by atoms with Crippen LogP contribution in [0.3, 0.4) is 0 Å². The maximum atomic E-state index is 11.0. The van der Waals surface area contributed by atoms with Gasteiger partial charge in [-0.3, -0.25) is 4.40 Å². The highest BCUT2D eigenvalue weighted by molar-refractivity contribution is 5.92. The van der Waals surface area contributed by atoms with Crippen molar-refractivity contribution in [2.24, 2.45) is 0 Å². The van der Waals surface area contributed by atoms with E-state index < -0.39 is 5.97 Å². The number of aromatic carboxylic acids is 1. The summed E-state index contributed by atoms with van der Waals surface area (Å²) in [6.45, 7) is 0.395. The number of carboxylic acid groups (broad SMARTS) is 1. The Morgan fingerprint density at radius 3 is 3.00 bits per heavy atom. The molecule has 0 unspecified atom stereocenters. The minimum atomic E-state index is -1.06. The van der Waals surface area contributed by atoms with Crippen LogP contribution in [-0.4, -0.2) is 32.6 Å². The summed E-state index contributed by atoms with van der Waals surface area (Å²) in [5.74, 6) is -0.532. The quantitative estimate of drug-likeness (QED) is 0.884. The highest BCUT2D eigenvalue weighted by atomic mass is 16.5. The number of imidazole rings is 1. The largest absolute Gasteiger partial charge is 0.476 e. The number of carbonyl (C=O) groups is 1. The van der Waals surface area contributed by atoms with Crippen LogP contribution in [0.2, 0.25) is 0 Å². The fourth-order valence-corrected chi connectivity index (χ4v) is 2.12. The molecule has 0 radical (unpaired) electrons. The van der Waals surface area contributed by atoms with Crippen molar-refractivity contribution in [3.05, 3.63) is 29.5 Å². The normalized spacial score (nSPS) is 15.2. The molecule has 0 bridgehead atoms. The molecule has 1 aliphatic rings. The van der Waals surface area contributed by atoms with Gasteiger partial charge in [0.05, 0.1) is 12.3 Å². The van der Waals surface area contributed by atoms with Crippen LogP contribution < -0.4 is 0 Å². The van der Waals surface area contributed by atoms with E-state index in [0.29, 0.717) is 18.2 Å². The highest BCUT2D eigenvalue weighted by Gasteiger charge is 2.28. The van der Waals surface area contributed by atoms with Gasteiger partial charge in [-0.15, -0.1) is 0 Å². The molecule has 2 heterocycles. The second-order valence-corrected chi connectivity index (χ2v) is 4.48. The van der Waals surface area contributed by atoms with Crippen LogP contribution in [-0.2, 0) is 11.3 Å². The van der Waals surface area contributed by atoms with Gasteiger partial charge in [-0.05, 0) is 24.3 Å². The zero-order chi connectivity index (χ0) is 12.7. The predicted octanol–water partition coefficient (Wildman–Crippen LogP) is 1.45. The van der Waals surface area contributed by atoms with Crippen LogP contribution in [0.4, 0.5) is 0 Å². The van der Waals surface area contributed by atoms with Crippen LogP contribution >= 0.6 is 0 Å². The summed E-state index contributed by atoms with van der Waals surface area (Å²) in [5, 5.41) is 9.04. The Labute approximate surface area is 103 Å². The fourth-order valence-electron chi connectivity index (χ4n) is 2.12. The monoisotopic (exact) mass is 247 g/mol. The Hall–Kier alpha value is -1.95. The first-order chi connectivity index (χ1) is 8.70. The number of rotatable bonds is 4. The van der Waals surface area contributed by atoms with Gasteiger partial charge < -0.3 is 9.84 Å². The lowest BCUT2D eigenvalue weighted by atomic mass is 10.1. The number of methoxy groups -OCH3 is 1. The van der Waals surface area contributed by atoms with Gasteiger partial charge in [0.2, 0.25) is 0 Å². The summed E-state index contributed by atoms with van der Waals surface area (Å²) in [5.41, 5.74) is 2.31. The van der Waals surface area contributed by atoms with Crippen molar-refractivity contribution < 1.29 is 14.6 Å². The van der Waals surface area contributed by atoms with Crippen LogP contribution in [0.25, 0.3) is 5.65 Å². The fraction of sp³-hybridized carbons (Fsp3) is 0.417. The number of aromatic nitrogens is 3. The molecule has 0 amide bonds. The molecule has 1 saturated carbocycles. The molecule has 3 rings (SSSR count). The number of hydrogen-bond acceptors (Lipinski definition) is 4. The molecular weight excluding hydrogens is 234 g/mol. The minimum absolute atomic E-state index is 0.0188. The molecule has 6 nitrogen and oxygen atoms in total. The third kappa shape index (κ3) is 1.74. The lowest BCUT2D eigenvalue weighted by Crippen LogP contribution is -2.05. The lowest BCUT2D eigenvalue weighted by molar-refractivity contribution is 0.0693. The van der Waals surface area contributed by atoms with Crippen molar-refractivity contribution in [2.75, 3.05) is 7.11 Å². The molecule has 18 heavy (non-hydrogen) atoms. The highest BCUT2D eigenvalue weighted by Crippen LogP contribution is 2.41. The molecule has 1 N–H and O–H groups in total. The second kappa shape index (κ2) is 4.06. The minimum Gasteiger partial charge on any atom is -0.476 e. The number of ether oxygens (including phenoxy) is 1. The van der Waals surface area contributed by atoms with Crippen molar-refractivity contribution in [3.63, 3.8) is 0 Å². The first-order valence-electron chi connectivity index (χ1n) is 5.79. The molecule has 0 spiro atoms. The maximum absolute atomic E-state index is 11.0. The van der Waals surface area contributed by atoms with E-state index in [-0.39, 0.29) is 5.69 Å². The van der Waals surface area contributed by atoms with E-state index in [9.17, 15) is 4.79 Å². The smallest absolute Gasteiger partial charge is 0.358 e. The zero-order valence-corrected chi connectivity index (χ0v) is 9.96. The van der Waals surface area contributed by atoms with E-state index in [1.54, 1.807) is 11.5 Å². The molecule has 1 fully saturated rings. The standard InChI is InChI=1S/C12H13N3O3/c1-18-5-9-8(7-2-3-7)4-15-6-13-10(12(16)17)11(15)14-9/h4,6-7H,2-3,5H2,1H3,(H,16,17). The molecule has 94 valence electrons. The van der Waals surface area contributed by atoms with E-state index >= 15 is 0 Å². The Bertz CT molecular complexity index is 616. The Kier molecular flexibility index (Phi) is 2.52. The van der Waals surface area contributed by atoms with Crippen molar-refractivity contribution in [3.8, 4) is 0 Å². The summed E-state index contributed by atoms with van der Waals surface area (Å²) in [7, 11) is 1.61. The van der Waals surface area contributed by atoms with Crippen LogP contribution in [0, 0.1) is 0 Å². The first-order valence-corrected chi connectivity index (χ1v) is 5.79. The molecule has 2 aromatic rings. The maximum Gasteiger partial charge on any atom is 0.358 e. The molecule has 0 saturated heterocycles. The van der Waals surface area contributed by atoms with E-state index in [1.165, 1.54) is 6.33 Å². The summed E-state index contributed by atoms with van der Waals surface area (Å²) in [6.07, 6.45) is 5.73. The van der Waals surface area contributed by atoms with Gasteiger partial charge in [-0.25, -0.2) is 14.8 Å². The molecular formula is C12H13N3O3. The van der Waals surface area contributed by atoms with Gasteiger partial charge in [-0.2, -0.15) is 0 Å². The van der Waals surface area contributed by atoms with Gasteiger partial charge in [0.25, 0.3) is 0 Å². The number of fused-ring (bicyclic) bond motifs is 1. The molecule has 0 aliphatic heterocycles. The summed E-state index contributed by atoms with van der Waals surface area (Å²) in [4.78, 5) is 19.3. The van der Waals surface area contributed by atoms with Gasteiger partial charge in [0.15, 0.2) is 11.3 Å². The van der Waals surface area contributed by atoms with Crippen molar-refractivity contribution in [2.45, 2.75) is 25.4 Å². The molecule has 2 aromatic heterocycles. The summed E-state index contributed by atoms with van der Waals surface area (Å²) < 4.78 is 6.81. The number of hydrogen-bond donors (Lipinski definition) is 1. The van der Waals surface area contributed by atoms with Crippen molar-refractivity contribution in [1.82, 2.24) is 14.4 Å². The molecule has 0 aromatic carbocycles. The summed E-state index contributed by atoms with van der Waals surface area (Å²) in [6, 6.07) is 0. The van der Waals surface area contributed by atoms with Crippen molar-refractivity contribution >= 4 is 11.6 Å². The topological polar surface area (TPSA) is 76.7 Å². The molecule has 6 heteroatoms. The predicted molar refractivity (Wildman–Crippen MR) is 62.6 cm³/mol. The SMILES string of the molecule is COCc1nc2c(C(=O)O)ncn2cc1C1CC1. The van der Waals surface area contributed by atoms with Crippen LogP contribution in [0.15, 0.2) is 12.5 Å². The number of carboxylic acids is 1. The molecule has 0 atom stereocenters. The zero-order valence-electron chi connectivity index (χ0n) is 9.96. The van der Waals surface area contributed by atoms with Crippen LogP contribution in [0.1, 0.15) is 40.5 Å². The van der Waals surface area contributed by atoms with Gasteiger partial charge in [0.1, 0.15) is 6.33 Å². The van der Waals surface area contributed by atoms with Gasteiger partial charge >= 0.3 is 5.97 Å². The molecule has 1 aliphatic carbocycles. The Morgan fingerprint density at radius 2 is 2.39 bits per heavy atom. The van der Waals surface area contributed by atoms with Crippen LogP contribution in [0.5, 0.6) is 0 Å². The Morgan fingerprint density at radius 1 is 1.61 bits per heavy atom. The Balaban J connectivity index is 2.18. The first kappa shape index (κ1) is 11.2.